The third kappa shape index (κ3) is 4.45. The number of rotatable bonds is 4. The van der Waals surface area contributed by atoms with Gasteiger partial charge in [-0.3, -0.25) is 4.79 Å². The molecule has 0 fully saturated rings. The van der Waals surface area contributed by atoms with Crippen LogP contribution in [0.5, 0.6) is 0 Å². The van der Waals surface area contributed by atoms with Gasteiger partial charge in [0.25, 0.3) is 0 Å². The van der Waals surface area contributed by atoms with E-state index < -0.39 is 6.10 Å². The second-order valence-corrected chi connectivity index (χ2v) is 5.07. The number of hydrogen-bond donors (Lipinski definition) is 2. The maximum Gasteiger partial charge on any atom is 0.248 e. The second kappa shape index (κ2) is 7.07. The molecule has 4 heteroatoms. The van der Waals surface area contributed by atoms with E-state index in [1.165, 1.54) is 6.08 Å². The van der Waals surface area contributed by atoms with Crippen LogP contribution >= 0.6 is 11.6 Å². The summed E-state index contributed by atoms with van der Waals surface area (Å²) in [6.45, 7) is 1.66. The van der Waals surface area contributed by atoms with Crippen LogP contribution in [0.2, 0.25) is 5.02 Å². The minimum Gasteiger partial charge on any atom is -0.389 e. The lowest BCUT2D eigenvalue weighted by atomic mass is 10.1. The van der Waals surface area contributed by atoms with Crippen LogP contribution in [0.1, 0.15) is 24.2 Å². The molecule has 0 saturated carbocycles. The lowest BCUT2D eigenvalue weighted by Crippen LogP contribution is -2.10. The van der Waals surface area contributed by atoms with Crippen LogP contribution in [0.4, 0.5) is 5.69 Å². The average molecular weight is 302 g/mol. The number of carbonyl (C=O) groups excluding carboxylic acids is 1. The predicted octanol–water partition coefficient (Wildman–Crippen LogP) is 4.05. The van der Waals surface area contributed by atoms with Crippen LogP contribution in [0.15, 0.2) is 54.6 Å². The van der Waals surface area contributed by atoms with Crippen molar-refractivity contribution in [1.82, 2.24) is 0 Å². The Bertz CT molecular complexity index is 648. The monoisotopic (exact) mass is 301 g/mol. The van der Waals surface area contributed by atoms with E-state index in [-0.39, 0.29) is 5.91 Å². The number of aliphatic hydroxyl groups is 1. The molecule has 0 aliphatic heterocycles. The van der Waals surface area contributed by atoms with Gasteiger partial charge in [-0.1, -0.05) is 41.9 Å². The summed E-state index contributed by atoms with van der Waals surface area (Å²) in [6.07, 6.45) is 2.51. The van der Waals surface area contributed by atoms with E-state index in [9.17, 15) is 9.90 Å². The molecule has 0 aliphatic carbocycles. The fourth-order valence-electron chi connectivity index (χ4n) is 1.90. The second-order valence-electron chi connectivity index (χ2n) is 4.64. The van der Waals surface area contributed by atoms with Gasteiger partial charge in [0, 0.05) is 22.3 Å². The van der Waals surface area contributed by atoms with E-state index >= 15 is 0 Å². The van der Waals surface area contributed by atoms with Gasteiger partial charge in [0.15, 0.2) is 0 Å². The lowest BCUT2D eigenvalue weighted by molar-refractivity contribution is -0.111. The smallest absolute Gasteiger partial charge is 0.248 e. The van der Waals surface area contributed by atoms with E-state index in [1.807, 2.05) is 24.3 Å². The summed E-state index contributed by atoms with van der Waals surface area (Å²) in [5.41, 5.74) is 2.18. The number of amides is 1. The highest BCUT2D eigenvalue weighted by atomic mass is 35.5. The van der Waals surface area contributed by atoms with Gasteiger partial charge in [-0.15, -0.1) is 0 Å². The molecule has 21 heavy (non-hydrogen) atoms. The highest BCUT2D eigenvalue weighted by molar-refractivity contribution is 6.30. The Hall–Kier alpha value is -2.10. The Morgan fingerprint density at radius 2 is 1.86 bits per heavy atom. The van der Waals surface area contributed by atoms with Crippen LogP contribution in [-0.2, 0) is 4.79 Å². The van der Waals surface area contributed by atoms with Crippen LogP contribution in [-0.4, -0.2) is 11.0 Å². The molecule has 0 aromatic heterocycles. The molecule has 0 heterocycles. The van der Waals surface area contributed by atoms with Gasteiger partial charge in [-0.05, 0) is 36.8 Å². The van der Waals surface area contributed by atoms with Crippen molar-refractivity contribution in [1.29, 1.82) is 0 Å². The predicted molar refractivity (Wildman–Crippen MR) is 86.2 cm³/mol. The molecule has 2 aromatic rings. The molecule has 0 bridgehead atoms. The molecule has 0 saturated heterocycles. The topological polar surface area (TPSA) is 49.3 Å². The highest BCUT2D eigenvalue weighted by Crippen LogP contribution is 2.22. The summed E-state index contributed by atoms with van der Waals surface area (Å²) < 4.78 is 0. The van der Waals surface area contributed by atoms with Crippen LogP contribution in [0.25, 0.3) is 6.08 Å². The number of para-hydroxylation sites is 1. The van der Waals surface area contributed by atoms with E-state index in [0.717, 1.165) is 5.56 Å². The van der Waals surface area contributed by atoms with E-state index in [4.69, 9.17) is 11.6 Å². The van der Waals surface area contributed by atoms with Crippen molar-refractivity contribution in [2.24, 2.45) is 0 Å². The first-order valence-electron chi connectivity index (χ1n) is 6.58. The third-order valence-corrected chi connectivity index (χ3v) is 3.22. The lowest BCUT2D eigenvalue weighted by Gasteiger charge is -2.11. The molecule has 0 aliphatic rings. The van der Waals surface area contributed by atoms with Gasteiger partial charge < -0.3 is 10.4 Å². The number of nitrogens with one attached hydrogen (secondary N) is 1. The van der Waals surface area contributed by atoms with Crippen molar-refractivity contribution < 1.29 is 9.90 Å². The zero-order valence-corrected chi connectivity index (χ0v) is 12.3. The Morgan fingerprint density at radius 3 is 2.52 bits per heavy atom. The zero-order valence-electron chi connectivity index (χ0n) is 11.6. The summed E-state index contributed by atoms with van der Waals surface area (Å²) in [7, 11) is 0. The molecule has 0 radical (unpaired) electrons. The highest BCUT2D eigenvalue weighted by Gasteiger charge is 2.08. The summed E-state index contributed by atoms with van der Waals surface area (Å²) in [4.78, 5) is 11.9. The molecule has 2 rings (SSSR count). The minimum atomic E-state index is -0.637. The first-order valence-corrected chi connectivity index (χ1v) is 6.95. The van der Waals surface area contributed by atoms with Crippen LogP contribution in [0.3, 0.4) is 0 Å². The Morgan fingerprint density at radius 1 is 1.19 bits per heavy atom. The van der Waals surface area contributed by atoms with Crippen LogP contribution in [0, 0.1) is 0 Å². The van der Waals surface area contributed by atoms with Crippen molar-refractivity contribution in [2.75, 3.05) is 5.32 Å². The Labute approximate surface area is 128 Å². The van der Waals surface area contributed by atoms with Crippen molar-refractivity contribution in [2.45, 2.75) is 13.0 Å². The molecule has 2 aromatic carbocycles. The number of halogens is 1. The summed E-state index contributed by atoms with van der Waals surface area (Å²) in [5.74, 6) is -0.252. The van der Waals surface area contributed by atoms with Gasteiger partial charge in [0.05, 0.1) is 6.10 Å². The number of anilines is 1. The van der Waals surface area contributed by atoms with E-state index in [0.29, 0.717) is 16.3 Å². The van der Waals surface area contributed by atoms with Gasteiger partial charge >= 0.3 is 0 Å². The molecule has 1 atom stereocenters. The zero-order chi connectivity index (χ0) is 15.2. The normalized spacial score (nSPS) is 12.3. The number of aliphatic hydroxyl groups excluding tert-OH is 1. The van der Waals surface area contributed by atoms with Gasteiger partial charge in [-0.25, -0.2) is 0 Å². The largest absolute Gasteiger partial charge is 0.389 e. The van der Waals surface area contributed by atoms with Gasteiger partial charge in [-0.2, -0.15) is 0 Å². The third-order valence-electron chi connectivity index (χ3n) is 2.97. The maximum atomic E-state index is 11.9. The van der Waals surface area contributed by atoms with E-state index in [1.54, 1.807) is 37.3 Å². The van der Waals surface area contributed by atoms with Gasteiger partial charge in [0.1, 0.15) is 0 Å². The summed E-state index contributed by atoms with van der Waals surface area (Å²) in [5, 5.41) is 13.1. The van der Waals surface area contributed by atoms with Crippen molar-refractivity contribution in [3.63, 3.8) is 0 Å². The fraction of sp³-hybridized carbons (Fsp3) is 0.118. The van der Waals surface area contributed by atoms with E-state index in [2.05, 4.69) is 5.32 Å². The summed E-state index contributed by atoms with van der Waals surface area (Å²) in [6, 6.07) is 14.4. The van der Waals surface area contributed by atoms with Crippen LogP contribution < -0.4 is 5.32 Å². The quantitative estimate of drug-likeness (QED) is 0.837. The molecule has 1 amide bonds. The number of carbonyl (C=O) groups is 1. The Balaban J connectivity index is 2.07. The first kappa shape index (κ1) is 15.3. The molecular formula is C17H16ClNO2. The molecule has 1 unspecified atom stereocenters. The Kier molecular flexibility index (Phi) is 5.14. The number of benzene rings is 2. The molecular weight excluding hydrogens is 286 g/mol. The first-order chi connectivity index (χ1) is 10.1. The number of hydrogen-bond acceptors (Lipinski definition) is 2. The molecule has 0 spiro atoms. The minimum absolute atomic E-state index is 0.252. The molecule has 108 valence electrons. The SMILES string of the molecule is CC(O)c1ccccc1NC(=O)/C=C/c1ccc(Cl)cc1. The standard InChI is InChI=1S/C17H16ClNO2/c1-12(20)15-4-2-3-5-16(15)19-17(21)11-8-13-6-9-14(18)10-7-13/h2-12,20H,1H3,(H,19,21)/b11-8+. The molecule has 3 nitrogen and oxygen atoms in total. The molecule has 2 N–H and O–H groups in total. The van der Waals surface area contributed by atoms with Crippen molar-refractivity contribution >= 4 is 29.3 Å². The average Bonchev–Trinajstić information content (AvgIpc) is 2.47. The maximum absolute atomic E-state index is 11.9. The van der Waals surface area contributed by atoms with Gasteiger partial charge in [0.2, 0.25) is 5.91 Å². The van der Waals surface area contributed by atoms with Crippen molar-refractivity contribution in [3.8, 4) is 0 Å². The summed E-state index contributed by atoms with van der Waals surface area (Å²) >= 11 is 5.80. The fourth-order valence-corrected chi connectivity index (χ4v) is 2.02. The van der Waals surface area contributed by atoms with Crippen molar-refractivity contribution in [3.05, 3.63) is 70.8 Å².